The van der Waals surface area contributed by atoms with Crippen molar-refractivity contribution in [1.82, 2.24) is 5.32 Å². The predicted molar refractivity (Wildman–Crippen MR) is 156 cm³/mol. The summed E-state index contributed by atoms with van der Waals surface area (Å²) < 4.78 is 18.1. The molecule has 0 bridgehead atoms. The van der Waals surface area contributed by atoms with E-state index in [2.05, 4.69) is 5.32 Å². The number of carbonyl (C=O) groups excluding carboxylic acids is 1. The minimum Gasteiger partial charge on any atom is -0.393 e. The van der Waals surface area contributed by atoms with Crippen LogP contribution in [0.15, 0.2) is 12.2 Å². The summed E-state index contributed by atoms with van der Waals surface area (Å²) in [6.45, 7) is 9.22. The number of carbonyl (C=O) groups is 1. The average molecular weight is 602 g/mol. The summed E-state index contributed by atoms with van der Waals surface area (Å²) in [5.74, 6) is -3.32. The van der Waals surface area contributed by atoms with Gasteiger partial charge in [-0.3, -0.25) is 4.79 Å². The van der Waals surface area contributed by atoms with E-state index in [1.54, 1.807) is 13.0 Å². The quantitative estimate of drug-likeness (QED) is 0.148. The molecule has 1 aliphatic carbocycles. The molecule has 2 aliphatic heterocycles. The molecule has 0 spiro atoms. The minimum absolute atomic E-state index is 0.0206. The van der Waals surface area contributed by atoms with Crippen molar-refractivity contribution in [1.29, 1.82) is 0 Å². The van der Waals surface area contributed by atoms with Crippen molar-refractivity contribution in [3.05, 3.63) is 12.2 Å². The number of hydrogen-bond acceptors (Lipinski definition) is 11. The number of amides is 1. The van der Waals surface area contributed by atoms with Crippen LogP contribution in [0.2, 0.25) is 0 Å². The van der Waals surface area contributed by atoms with Gasteiger partial charge >= 0.3 is 0 Å². The van der Waals surface area contributed by atoms with E-state index in [-0.39, 0.29) is 43.2 Å². The highest BCUT2D eigenvalue weighted by molar-refractivity contribution is 5.80. The van der Waals surface area contributed by atoms with Gasteiger partial charge in [0, 0.05) is 31.3 Å². The van der Waals surface area contributed by atoms with Crippen LogP contribution in [0, 0.1) is 17.8 Å². The number of ether oxygens (including phenoxy) is 3. The van der Waals surface area contributed by atoms with Crippen LogP contribution in [0.3, 0.4) is 0 Å². The molecule has 2 heterocycles. The van der Waals surface area contributed by atoms with Gasteiger partial charge in [-0.1, -0.05) is 39.8 Å². The van der Waals surface area contributed by atoms with Crippen molar-refractivity contribution in [2.75, 3.05) is 0 Å². The van der Waals surface area contributed by atoms with E-state index in [1.165, 1.54) is 0 Å². The molecule has 3 fully saturated rings. The lowest BCUT2D eigenvalue weighted by Crippen LogP contribution is -2.62. The summed E-state index contributed by atoms with van der Waals surface area (Å²) in [5, 5.41) is 57.2. The highest BCUT2D eigenvalue weighted by Gasteiger charge is 2.51. The van der Waals surface area contributed by atoms with Crippen molar-refractivity contribution in [2.45, 2.75) is 152 Å². The number of rotatable bonds is 11. The normalized spacial score (nSPS) is 41.3. The molecule has 12 heteroatoms. The molecule has 3 rings (SSSR count). The van der Waals surface area contributed by atoms with E-state index in [0.717, 1.165) is 25.7 Å². The monoisotopic (exact) mass is 601 g/mol. The van der Waals surface area contributed by atoms with Crippen LogP contribution in [-0.2, 0) is 19.0 Å². The Morgan fingerprint density at radius 1 is 1.07 bits per heavy atom. The molecular formula is C30H55N3O9. The maximum absolute atomic E-state index is 13.6. The second-order valence-electron chi connectivity index (χ2n) is 13.3. The standard InChI is InChI=1S/C30H55N3O9/c1-15(2)6-11-20(41-29-27(37)25(32)26(36)17(5)40-29)12-23-24(28(38)33-19-9-7-18(31)8-10-19)22(35)14-30(39,42-23)13-21(34)16(3)4/h6,11,15-27,29,34-37,39H,7-10,12-14,31-32H2,1-5H3,(H,33,38)/b11-6+/t17?,18?,19?,20-,21+,22-,23-,24+,25?,26?,27?,29?,30+/m0/s1. The SMILES string of the molecule is CC(C)/C=C/[C@@H](C[C@@H]1O[C@](O)(C[C@@H](O)C(C)C)C[C@H](O)[C@H]1C(=O)NC1CCC(N)CC1)OC1OC(C)C(O)C(N)C1O. The first kappa shape index (κ1) is 35.3. The Morgan fingerprint density at radius 3 is 2.31 bits per heavy atom. The topological polar surface area (TPSA) is 210 Å². The Bertz CT molecular complexity index is 884. The van der Waals surface area contributed by atoms with Gasteiger partial charge in [0.2, 0.25) is 5.91 Å². The number of aliphatic hydroxyl groups excluding tert-OH is 4. The number of hydrogen-bond donors (Lipinski definition) is 8. The summed E-state index contributed by atoms with van der Waals surface area (Å²) in [6.07, 6.45) is -1.86. The molecule has 0 aromatic heterocycles. The Kier molecular flexibility index (Phi) is 12.8. The fourth-order valence-electron chi connectivity index (χ4n) is 6.01. The van der Waals surface area contributed by atoms with Crippen LogP contribution in [0.1, 0.15) is 79.6 Å². The lowest BCUT2D eigenvalue weighted by molar-refractivity contribution is -0.307. The van der Waals surface area contributed by atoms with Gasteiger partial charge in [0.25, 0.3) is 0 Å². The van der Waals surface area contributed by atoms with Crippen LogP contribution in [0.5, 0.6) is 0 Å². The Balaban J connectivity index is 1.87. The molecule has 0 aromatic rings. The molecule has 244 valence electrons. The number of aliphatic hydroxyl groups is 5. The second kappa shape index (κ2) is 15.2. The van der Waals surface area contributed by atoms with E-state index in [4.69, 9.17) is 25.7 Å². The third-order valence-electron chi connectivity index (χ3n) is 8.81. The minimum atomic E-state index is -1.88. The van der Waals surface area contributed by atoms with Gasteiger partial charge in [-0.2, -0.15) is 0 Å². The summed E-state index contributed by atoms with van der Waals surface area (Å²) in [6, 6.07) is -0.968. The van der Waals surface area contributed by atoms with Crippen molar-refractivity contribution in [3.8, 4) is 0 Å². The maximum Gasteiger partial charge on any atom is 0.228 e. The van der Waals surface area contributed by atoms with Crippen molar-refractivity contribution >= 4 is 5.91 Å². The van der Waals surface area contributed by atoms with Crippen LogP contribution in [0.25, 0.3) is 0 Å². The van der Waals surface area contributed by atoms with Crippen LogP contribution in [0.4, 0.5) is 0 Å². The highest BCUT2D eigenvalue weighted by atomic mass is 16.7. The van der Waals surface area contributed by atoms with Gasteiger partial charge in [-0.15, -0.1) is 0 Å². The highest BCUT2D eigenvalue weighted by Crippen LogP contribution is 2.38. The molecule has 11 atom stereocenters. The second-order valence-corrected chi connectivity index (χ2v) is 13.3. The molecule has 1 amide bonds. The van der Waals surface area contributed by atoms with Crippen LogP contribution < -0.4 is 16.8 Å². The van der Waals surface area contributed by atoms with Gasteiger partial charge in [0.05, 0.1) is 48.6 Å². The Labute approximate surface area is 249 Å². The van der Waals surface area contributed by atoms with Gasteiger partial charge in [-0.05, 0) is 44.4 Å². The zero-order valence-electron chi connectivity index (χ0n) is 25.7. The first-order valence-corrected chi connectivity index (χ1v) is 15.5. The van der Waals surface area contributed by atoms with E-state index in [0.29, 0.717) is 0 Å². The molecule has 5 unspecified atom stereocenters. The molecule has 42 heavy (non-hydrogen) atoms. The van der Waals surface area contributed by atoms with Crippen LogP contribution >= 0.6 is 0 Å². The average Bonchev–Trinajstić information content (AvgIpc) is 2.89. The van der Waals surface area contributed by atoms with Crippen molar-refractivity contribution < 1.29 is 44.5 Å². The predicted octanol–water partition coefficient (Wildman–Crippen LogP) is 0.0155. The zero-order chi connectivity index (χ0) is 31.4. The summed E-state index contributed by atoms with van der Waals surface area (Å²) >= 11 is 0. The summed E-state index contributed by atoms with van der Waals surface area (Å²) in [5.41, 5.74) is 12.0. The number of allylic oxidation sites excluding steroid dienone is 1. The third kappa shape index (κ3) is 9.40. The number of nitrogens with one attached hydrogen (secondary N) is 1. The molecule has 10 N–H and O–H groups in total. The van der Waals surface area contributed by atoms with E-state index in [1.807, 2.05) is 33.8 Å². The molecule has 0 aromatic carbocycles. The fraction of sp³-hybridized carbons (Fsp3) is 0.900. The third-order valence-corrected chi connectivity index (χ3v) is 8.81. The van der Waals surface area contributed by atoms with Crippen LogP contribution in [-0.4, -0.2) is 104 Å². The summed E-state index contributed by atoms with van der Waals surface area (Å²) in [4.78, 5) is 13.6. The fourth-order valence-corrected chi connectivity index (χ4v) is 6.01. The maximum atomic E-state index is 13.6. The molecular weight excluding hydrogens is 546 g/mol. The first-order valence-electron chi connectivity index (χ1n) is 15.5. The first-order chi connectivity index (χ1) is 19.6. The molecule has 3 aliphatic rings. The van der Waals surface area contributed by atoms with Crippen molar-refractivity contribution in [2.24, 2.45) is 29.2 Å². The lowest BCUT2D eigenvalue weighted by Gasteiger charge is -2.46. The van der Waals surface area contributed by atoms with E-state index in [9.17, 15) is 30.3 Å². The Morgan fingerprint density at radius 2 is 1.71 bits per heavy atom. The molecule has 12 nitrogen and oxygen atoms in total. The zero-order valence-corrected chi connectivity index (χ0v) is 25.7. The lowest BCUT2D eigenvalue weighted by atomic mass is 9.81. The largest absolute Gasteiger partial charge is 0.393 e. The van der Waals surface area contributed by atoms with Crippen molar-refractivity contribution in [3.63, 3.8) is 0 Å². The van der Waals surface area contributed by atoms with Gasteiger partial charge < -0.3 is 56.5 Å². The smallest absolute Gasteiger partial charge is 0.228 e. The molecule has 1 saturated carbocycles. The number of nitrogens with two attached hydrogens (primary N) is 2. The van der Waals surface area contributed by atoms with Gasteiger partial charge in [0.15, 0.2) is 12.1 Å². The van der Waals surface area contributed by atoms with E-state index < -0.39 is 72.7 Å². The van der Waals surface area contributed by atoms with Gasteiger partial charge in [0.1, 0.15) is 6.10 Å². The Hall–Kier alpha value is -1.19. The van der Waals surface area contributed by atoms with Gasteiger partial charge in [-0.25, -0.2) is 0 Å². The van der Waals surface area contributed by atoms with E-state index >= 15 is 0 Å². The molecule has 0 radical (unpaired) electrons. The molecule has 2 saturated heterocycles. The summed E-state index contributed by atoms with van der Waals surface area (Å²) in [7, 11) is 0.